The van der Waals surface area contributed by atoms with E-state index in [1.54, 1.807) is 12.1 Å². The standard InChI is InChI=1S/C12H10N6O/c13-9-6-10(19)18(8-4-2-1-3-5-8)17-11(9)12-14-7-15-16-12/h1-7H,13H2,(H,14,15,16). The van der Waals surface area contributed by atoms with Gasteiger partial charge in [0.25, 0.3) is 5.56 Å². The van der Waals surface area contributed by atoms with Gasteiger partial charge in [-0.05, 0) is 12.1 Å². The number of anilines is 1. The van der Waals surface area contributed by atoms with E-state index in [1.807, 2.05) is 18.2 Å². The van der Waals surface area contributed by atoms with Gasteiger partial charge in [-0.25, -0.2) is 4.98 Å². The molecule has 2 heterocycles. The van der Waals surface area contributed by atoms with Crippen molar-refractivity contribution in [2.75, 3.05) is 5.73 Å². The van der Waals surface area contributed by atoms with E-state index in [0.717, 1.165) is 0 Å². The normalized spacial score (nSPS) is 10.5. The molecular formula is C12H10N6O. The number of rotatable bonds is 2. The number of benzene rings is 1. The molecule has 0 aliphatic rings. The van der Waals surface area contributed by atoms with Gasteiger partial charge in [0.15, 0.2) is 11.5 Å². The molecule has 0 radical (unpaired) electrons. The summed E-state index contributed by atoms with van der Waals surface area (Å²) in [6.07, 6.45) is 1.36. The first-order chi connectivity index (χ1) is 9.25. The fourth-order valence-corrected chi connectivity index (χ4v) is 1.73. The zero-order chi connectivity index (χ0) is 13.2. The first kappa shape index (κ1) is 11.1. The molecule has 0 aliphatic heterocycles. The van der Waals surface area contributed by atoms with Crippen LogP contribution in [0.3, 0.4) is 0 Å². The second-order valence-electron chi connectivity index (χ2n) is 3.87. The quantitative estimate of drug-likeness (QED) is 0.697. The molecule has 0 saturated carbocycles. The van der Waals surface area contributed by atoms with Crippen molar-refractivity contribution < 1.29 is 0 Å². The minimum atomic E-state index is -0.299. The van der Waals surface area contributed by atoms with Crippen LogP contribution in [0.2, 0.25) is 0 Å². The van der Waals surface area contributed by atoms with Crippen molar-refractivity contribution in [1.82, 2.24) is 25.0 Å². The van der Waals surface area contributed by atoms with Gasteiger partial charge in [0.05, 0.1) is 11.4 Å². The summed E-state index contributed by atoms with van der Waals surface area (Å²) in [7, 11) is 0. The van der Waals surface area contributed by atoms with Crippen molar-refractivity contribution in [2.45, 2.75) is 0 Å². The smallest absolute Gasteiger partial charge is 0.273 e. The minimum absolute atomic E-state index is 0.258. The Bertz CT molecular complexity index is 748. The maximum Gasteiger partial charge on any atom is 0.273 e. The van der Waals surface area contributed by atoms with Crippen molar-refractivity contribution in [3.05, 3.63) is 53.1 Å². The number of nitrogens with zero attached hydrogens (tertiary/aromatic N) is 4. The summed E-state index contributed by atoms with van der Waals surface area (Å²) >= 11 is 0. The molecule has 94 valence electrons. The highest BCUT2D eigenvalue weighted by Crippen LogP contribution is 2.17. The Balaban J connectivity index is 2.22. The van der Waals surface area contributed by atoms with Gasteiger partial charge in [0, 0.05) is 6.07 Å². The van der Waals surface area contributed by atoms with Gasteiger partial charge in [0.1, 0.15) is 6.33 Å². The molecule has 19 heavy (non-hydrogen) atoms. The molecule has 3 rings (SSSR count). The zero-order valence-electron chi connectivity index (χ0n) is 9.82. The third kappa shape index (κ3) is 1.97. The Labute approximate surface area is 107 Å². The van der Waals surface area contributed by atoms with Crippen molar-refractivity contribution in [1.29, 1.82) is 0 Å². The Hall–Kier alpha value is -2.96. The summed E-state index contributed by atoms with van der Waals surface area (Å²) in [5.41, 5.74) is 6.81. The molecule has 0 unspecified atom stereocenters. The third-order valence-corrected chi connectivity index (χ3v) is 2.60. The molecule has 2 aromatic heterocycles. The number of para-hydroxylation sites is 1. The molecule has 7 nitrogen and oxygen atoms in total. The molecule has 3 aromatic rings. The van der Waals surface area contributed by atoms with Crippen molar-refractivity contribution >= 4 is 5.69 Å². The predicted molar refractivity (Wildman–Crippen MR) is 69.6 cm³/mol. The lowest BCUT2D eigenvalue weighted by atomic mass is 10.3. The second kappa shape index (κ2) is 4.37. The monoisotopic (exact) mass is 254 g/mol. The third-order valence-electron chi connectivity index (χ3n) is 2.60. The first-order valence-corrected chi connectivity index (χ1v) is 5.57. The highest BCUT2D eigenvalue weighted by Gasteiger charge is 2.11. The molecule has 0 bridgehead atoms. The van der Waals surface area contributed by atoms with E-state index < -0.39 is 0 Å². The van der Waals surface area contributed by atoms with Crippen LogP contribution in [0.15, 0.2) is 47.5 Å². The van der Waals surface area contributed by atoms with E-state index >= 15 is 0 Å². The van der Waals surface area contributed by atoms with E-state index in [2.05, 4.69) is 20.3 Å². The number of aromatic nitrogens is 5. The van der Waals surface area contributed by atoms with Crippen LogP contribution in [-0.4, -0.2) is 25.0 Å². The fourth-order valence-electron chi connectivity index (χ4n) is 1.73. The Kier molecular flexibility index (Phi) is 2.57. The fraction of sp³-hybridized carbons (Fsp3) is 0. The molecule has 0 fully saturated rings. The van der Waals surface area contributed by atoms with E-state index in [1.165, 1.54) is 17.1 Å². The van der Waals surface area contributed by atoms with Crippen molar-refractivity contribution in [2.24, 2.45) is 0 Å². The van der Waals surface area contributed by atoms with Crippen LogP contribution in [0.1, 0.15) is 0 Å². The average Bonchev–Trinajstić information content (AvgIpc) is 2.94. The Morgan fingerprint density at radius 2 is 2.00 bits per heavy atom. The van der Waals surface area contributed by atoms with Crippen LogP contribution in [0.25, 0.3) is 17.2 Å². The second-order valence-corrected chi connectivity index (χ2v) is 3.87. The number of H-pyrrole nitrogens is 1. The number of nitrogen functional groups attached to an aromatic ring is 1. The summed E-state index contributed by atoms with van der Waals surface area (Å²) in [6.45, 7) is 0. The van der Waals surface area contributed by atoms with Crippen LogP contribution in [0.4, 0.5) is 5.69 Å². The first-order valence-electron chi connectivity index (χ1n) is 5.57. The number of hydrogen-bond donors (Lipinski definition) is 2. The van der Waals surface area contributed by atoms with Gasteiger partial charge in [-0.3, -0.25) is 9.89 Å². The average molecular weight is 254 g/mol. The summed E-state index contributed by atoms with van der Waals surface area (Å²) in [4.78, 5) is 15.9. The largest absolute Gasteiger partial charge is 0.397 e. The van der Waals surface area contributed by atoms with E-state index in [4.69, 9.17) is 5.73 Å². The summed E-state index contributed by atoms with van der Waals surface area (Å²) < 4.78 is 1.27. The van der Waals surface area contributed by atoms with Crippen LogP contribution in [-0.2, 0) is 0 Å². The van der Waals surface area contributed by atoms with Crippen LogP contribution in [0, 0.1) is 0 Å². The lowest BCUT2D eigenvalue weighted by molar-refractivity contribution is 0.810. The molecule has 0 atom stereocenters. The molecule has 7 heteroatoms. The van der Waals surface area contributed by atoms with Gasteiger partial charge >= 0.3 is 0 Å². The van der Waals surface area contributed by atoms with Gasteiger partial charge in [-0.15, -0.1) is 0 Å². The summed E-state index contributed by atoms with van der Waals surface area (Å²) in [6, 6.07) is 10.4. The number of aromatic amines is 1. The van der Waals surface area contributed by atoms with Crippen molar-refractivity contribution in [3.8, 4) is 17.2 Å². The van der Waals surface area contributed by atoms with E-state index in [9.17, 15) is 4.79 Å². The highest BCUT2D eigenvalue weighted by molar-refractivity contribution is 5.65. The van der Waals surface area contributed by atoms with Crippen LogP contribution >= 0.6 is 0 Å². The molecule has 0 amide bonds. The van der Waals surface area contributed by atoms with E-state index in [0.29, 0.717) is 17.2 Å². The Morgan fingerprint density at radius 1 is 1.21 bits per heavy atom. The van der Waals surface area contributed by atoms with Gasteiger partial charge in [-0.1, -0.05) is 18.2 Å². The lowest BCUT2D eigenvalue weighted by Gasteiger charge is -2.07. The minimum Gasteiger partial charge on any atom is -0.397 e. The maximum absolute atomic E-state index is 11.9. The van der Waals surface area contributed by atoms with Crippen LogP contribution < -0.4 is 11.3 Å². The summed E-state index contributed by atoms with van der Waals surface area (Å²) in [5.74, 6) is 0.419. The highest BCUT2D eigenvalue weighted by atomic mass is 16.1. The summed E-state index contributed by atoms with van der Waals surface area (Å²) in [5, 5.41) is 10.6. The number of nitrogens with two attached hydrogens (primary N) is 1. The molecule has 1 aromatic carbocycles. The van der Waals surface area contributed by atoms with Crippen LogP contribution in [0.5, 0.6) is 0 Å². The molecule has 0 aliphatic carbocycles. The molecular weight excluding hydrogens is 244 g/mol. The lowest BCUT2D eigenvalue weighted by Crippen LogP contribution is -2.22. The predicted octanol–water partition coefficient (Wildman–Crippen LogP) is 0.600. The molecule has 3 N–H and O–H groups in total. The van der Waals surface area contributed by atoms with Gasteiger partial charge in [-0.2, -0.15) is 14.9 Å². The van der Waals surface area contributed by atoms with Crippen molar-refractivity contribution in [3.63, 3.8) is 0 Å². The number of hydrogen-bond acceptors (Lipinski definition) is 5. The maximum atomic E-state index is 11.9. The van der Waals surface area contributed by atoms with Gasteiger partial charge < -0.3 is 5.73 Å². The van der Waals surface area contributed by atoms with Gasteiger partial charge in [0.2, 0.25) is 0 Å². The Morgan fingerprint density at radius 3 is 2.68 bits per heavy atom. The topological polar surface area (TPSA) is 102 Å². The molecule has 0 spiro atoms. The SMILES string of the molecule is Nc1cc(=O)n(-c2ccccc2)nc1-c1ncn[nH]1. The molecule has 0 saturated heterocycles. The van der Waals surface area contributed by atoms with E-state index in [-0.39, 0.29) is 11.2 Å². The zero-order valence-corrected chi connectivity index (χ0v) is 9.82. The number of nitrogens with one attached hydrogen (secondary N) is 1.